The first-order valence-electron chi connectivity index (χ1n) is 11.3. The summed E-state index contributed by atoms with van der Waals surface area (Å²) in [6, 6.07) is 25.5. The molecule has 1 aliphatic rings. The van der Waals surface area contributed by atoms with Gasteiger partial charge in [-0.1, -0.05) is 60.7 Å². The van der Waals surface area contributed by atoms with Gasteiger partial charge in [-0.2, -0.15) is 0 Å². The zero-order valence-electron chi connectivity index (χ0n) is 18.8. The normalized spacial score (nSPS) is 17.6. The number of rotatable bonds is 7. The van der Waals surface area contributed by atoms with E-state index in [2.05, 4.69) is 5.32 Å². The number of nitrogens with one attached hydrogen (secondary N) is 1. The summed E-state index contributed by atoms with van der Waals surface area (Å²) in [5.74, 6) is 0.337. The molecule has 2 atom stereocenters. The van der Waals surface area contributed by atoms with Crippen molar-refractivity contribution < 1.29 is 24.2 Å². The van der Waals surface area contributed by atoms with E-state index in [-0.39, 0.29) is 19.1 Å². The molecule has 0 saturated carbocycles. The van der Waals surface area contributed by atoms with Gasteiger partial charge in [0.05, 0.1) is 12.1 Å². The Morgan fingerprint density at radius 1 is 0.882 bits per heavy atom. The Kier molecular flexibility index (Phi) is 7.78. The van der Waals surface area contributed by atoms with Crippen molar-refractivity contribution in [2.45, 2.75) is 31.8 Å². The molecule has 34 heavy (non-hydrogen) atoms. The van der Waals surface area contributed by atoms with Gasteiger partial charge in [-0.3, -0.25) is 4.79 Å². The Bertz CT molecular complexity index is 1070. The summed E-state index contributed by atoms with van der Waals surface area (Å²) in [4.78, 5) is 26.7. The van der Waals surface area contributed by atoms with E-state index in [1.807, 2.05) is 60.7 Å². The maximum Gasteiger partial charge on any atom is 0.410 e. The van der Waals surface area contributed by atoms with Gasteiger partial charge >= 0.3 is 6.09 Å². The molecule has 3 aromatic carbocycles. The fraction of sp³-hybridized carbons (Fsp3) is 0.259. The zero-order chi connectivity index (χ0) is 23.8. The minimum Gasteiger partial charge on any atom is -0.489 e. The first kappa shape index (κ1) is 23.3. The summed E-state index contributed by atoms with van der Waals surface area (Å²) in [6.07, 6.45) is -0.844. The molecule has 1 aliphatic heterocycles. The molecular formula is C27H28N2O5. The second-order valence-corrected chi connectivity index (χ2v) is 8.22. The van der Waals surface area contributed by atoms with Crippen LogP contribution in [0.15, 0.2) is 84.9 Å². The van der Waals surface area contributed by atoms with Crippen LogP contribution in [0.2, 0.25) is 0 Å². The molecule has 2 N–H and O–H groups in total. The molecule has 0 spiro atoms. The molecule has 1 saturated heterocycles. The van der Waals surface area contributed by atoms with Crippen molar-refractivity contribution in [1.29, 1.82) is 0 Å². The Labute approximate surface area is 198 Å². The van der Waals surface area contributed by atoms with Gasteiger partial charge in [-0.25, -0.2) is 4.79 Å². The van der Waals surface area contributed by atoms with E-state index in [1.54, 1.807) is 24.3 Å². The number of aliphatic hydroxyl groups excluding tert-OH is 1. The molecule has 3 aromatic rings. The summed E-state index contributed by atoms with van der Waals surface area (Å²) in [5.41, 5.74) is 2.40. The SMILES string of the molecule is O=C(N[C@@H]1CN(C(=O)OCc2ccccc2)CC[C@H]1O)c1ccc(OCc2ccccc2)cc1. The van der Waals surface area contributed by atoms with Crippen LogP contribution in [0.3, 0.4) is 0 Å². The number of benzene rings is 3. The molecule has 4 rings (SSSR count). The third-order valence-electron chi connectivity index (χ3n) is 5.72. The maximum absolute atomic E-state index is 12.7. The molecule has 0 aromatic heterocycles. The molecule has 7 heteroatoms. The van der Waals surface area contributed by atoms with E-state index >= 15 is 0 Å². The van der Waals surface area contributed by atoms with Gasteiger partial charge in [0.2, 0.25) is 0 Å². The lowest BCUT2D eigenvalue weighted by Crippen LogP contribution is -2.56. The average molecular weight is 461 g/mol. The fourth-order valence-electron chi connectivity index (χ4n) is 3.75. The number of carbonyl (C=O) groups is 2. The van der Waals surface area contributed by atoms with Gasteiger partial charge in [0.15, 0.2) is 0 Å². The van der Waals surface area contributed by atoms with E-state index in [0.717, 1.165) is 11.1 Å². The Hall–Kier alpha value is -3.84. The van der Waals surface area contributed by atoms with Crippen LogP contribution in [-0.4, -0.2) is 47.2 Å². The molecule has 7 nitrogen and oxygen atoms in total. The van der Waals surface area contributed by atoms with Crippen molar-refractivity contribution in [3.05, 3.63) is 102 Å². The minimum atomic E-state index is -0.740. The lowest BCUT2D eigenvalue weighted by atomic mass is 10.0. The van der Waals surface area contributed by atoms with E-state index in [1.165, 1.54) is 4.90 Å². The van der Waals surface area contributed by atoms with Crippen LogP contribution in [0.25, 0.3) is 0 Å². The van der Waals surface area contributed by atoms with Crippen LogP contribution < -0.4 is 10.1 Å². The number of carbonyl (C=O) groups excluding carboxylic acids is 2. The fourth-order valence-corrected chi connectivity index (χ4v) is 3.75. The minimum absolute atomic E-state index is 0.175. The quantitative estimate of drug-likeness (QED) is 0.561. The van der Waals surface area contributed by atoms with Crippen molar-refractivity contribution in [1.82, 2.24) is 10.2 Å². The standard InChI is InChI=1S/C27H28N2O5/c30-25-15-16-29(27(32)34-19-21-9-5-2-6-10-21)17-24(25)28-26(31)22-11-13-23(14-12-22)33-18-20-7-3-1-4-8-20/h1-14,24-25,30H,15-19H2,(H,28,31)/t24-,25-/m1/s1. The number of amides is 2. The van der Waals surface area contributed by atoms with Crippen molar-refractivity contribution in [2.75, 3.05) is 13.1 Å². The van der Waals surface area contributed by atoms with Crippen molar-refractivity contribution in [3.63, 3.8) is 0 Å². The topological polar surface area (TPSA) is 88.1 Å². The summed E-state index contributed by atoms with van der Waals surface area (Å²) >= 11 is 0. The van der Waals surface area contributed by atoms with Crippen LogP contribution in [-0.2, 0) is 18.0 Å². The number of ether oxygens (including phenoxy) is 2. The Morgan fingerprint density at radius 2 is 1.50 bits per heavy atom. The van der Waals surface area contributed by atoms with Crippen LogP contribution in [0, 0.1) is 0 Å². The lowest BCUT2D eigenvalue weighted by molar-refractivity contribution is 0.0324. The predicted octanol–water partition coefficient (Wildman–Crippen LogP) is 3.77. The number of likely N-dealkylation sites (tertiary alicyclic amines) is 1. The van der Waals surface area contributed by atoms with Gasteiger partial charge in [-0.15, -0.1) is 0 Å². The molecule has 176 valence electrons. The molecule has 2 amide bonds. The van der Waals surface area contributed by atoms with E-state index in [0.29, 0.717) is 30.9 Å². The monoisotopic (exact) mass is 460 g/mol. The first-order valence-corrected chi connectivity index (χ1v) is 11.3. The highest BCUT2D eigenvalue weighted by atomic mass is 16.6. The van der Waals surface area contributed by atoms with Crippen LogP contribution >= 0.6 is 0 Å². The second kappa shape index (κ2) is 11.3. The van der Waals surface area contributed by atoms with Gasteiger partial charge in [-0.05, 0) is 41.8 Å². The third-order valence-corrected chi connectivity index (χ3v) is 5.72. The summed E-state index contributed by atoms with van der Waals surface area (Å²) < 4.78 is 11.1. The number of nitrogens with zero attached hydrogens (tertiary/aromatic N) is 1. The molecule has 1 heterocycles. The molecule has 1 fully saturated rings. The highest BCUT2D eigenvalue weighted by Crippen LogP contribution is 2.17. The zero-order valence-corrected chi connectivity index (χ0v) is 18.8. The molecule has 0 unspecified atom stereocenters. The number of hydrogen-bond donors (Lipinski definition) is 2. The highest BCUT2D eigenvalue weighted by molar-refractivity contribution is 5.94. The molecule has 0 aliphatic carbocycles. The largest absolute Gasteiger partial charge is 0.489 e. The Balaban J connectivity index is 1.28. The van der Waals surface area contributed by atoms with E-state index in [9.17, 15) is 14.7 Å². The highest BCUT2D eigenvalue weighted by Gasteiger charge is 2.32. The van der Waals surface area contributed by atoms with Crippen LogP contribution in [0.1, 0.15) is 27.9 Å². The average Bonchev–Trinajstić information content (AvgIpc) is 2.89. The molecular weight excluding hydrogens is 432 g/mol. The summed E-state index contributed by atoms with van der Waals surface area (Å²) in [5, 5.41) is 13.2. The number of hydrogen-bond acceptors (Lipinski definition) is 5. The van der Waals surface area contributed by atoms with Crippen molar-refractivity contribution in [2.24, 2.45) is 0 Å². The van der Waals surface area contributed by atoms with Crippen molar-refractivity contribution >= 4 is 12.0 Å². The van der Waals surface area contributed by atoms with E-state index < -0.39 is 18.2 Å². The van der Waals surface area contributed by atoms with E-state index in [4.69, 9.17) is 9.47 Å². The lowest BCUT2D eigenvalue weighted by Gasteiger charge is -2.35. The number of aliphatic hydroxyl groups is 1. The predicted molar refractivity (Wildman–Crippen MR) is 127 cm³/mol. The molecule has 0 radical (unpaired) electrons. The van der Waals surface area contributed by atoms with Gasteiger partial charge in [0, 0.05) is 18.7 Å². The number of piperidine rings is 1. The first-order chi connectivity index (χ1) is 16.6. The summed E-state index contributed by atoms with van der Waals surface area (Å²) in [6.45, 7) is 1.17. The smallest absolute Gasteiger partial charge is 0.410 e. The molecule has 0 bridgehead atoms. The van der Waals surface area contributed by atoms with Gasteiger partial charge in [0.25, 0.3) is 5.91 Å². The summed E-state index contributed by atoms with van der Waals surface area (Å²) in [7, 11) is 0. The second-order valence-electron chi connectivity index (χ2n) is 8.22. The third kappa shape index (κ3) is 6.36. The van der Waals surface area contributed by atoms with Crippen LogP contribution in [0.5, 0.6) is 5.75 Å². The van der Waals surface area contributed by atoms with Gasteiger partial charge < -0.3 is 24.8 Å². The Morgan fingerprint density at radius 3 is 2.15 bits per heavy atom. The van der Waals surface area contributed by atoms with Crippen LogP contribution in [0.4, 0.5) is 4.79 Å². The maximum atomic E-state index is 12.7. The van der Waals surface area contributed by atoms with Crippen molar-refractivity contribution in [3.8, 4) is 5.75 Å². The van der Waals surface area contributed by atoms with Gasteiger partial charge in [0.1, 0.15) is 19.0 Å².